The summed E-state index contributed by atoms with van der Waals surface area (Å²) in [5.74, 6) is 0.102. The third-order valence-corrected chi connectivity index (χ3v) is 3.71. The molecule has 0 bridgehead atoms. The lowest BCUT2D eigenvalue weighted by Crippen LogP contribution is -2.40. The van der Waals surface area contributed by atoms with Crippen LogP contribution in [0.3, 0.4) is 0 Å². The number of carbonyl (C=O) groups is 1. The van der Waals surface area contributed by atoms with E-state index in [9.17, 15) is 4.79 Å². The molecular weight excluding hydrogens is 276 g/mol. The lowest BCUT2D eigenvalue weighted by Gasteiger charge is -2.17. The number of amides is 1. The van der Waals surface area contributed by atoms with E-state index in [1.165, 1.54) is 4.88 Å². The number of hydrogen-bond donors (Lipinski definition) is 1. The highest BCUT2D eigenvalue weighted by molar-refractivity contribution is 9.10. The quantitative estimate of drug-likeness (QED) is 0.921. The van der Waals surface area contributed by atoms with E-state index in [-0.39, 0.29) is 11.9 Å². The summed E-state index contributed by atoms with van der Waals surface area (Å²) >= 11 is 5.08. The zero-order chi connectivity index (χ0) is 11.4. The van der Waals surface area contributed by atoms with Gasteiger partial charge < -0.3 is 10.2 Å². The van der Waals surface area contributed by atoms with Crippen molar-refractivity contribution < 1.29 is 4.79 Å². The van der Waals surface area contributed by atoms with Crippen molar-refractivity contribution in [2.45, 2.75) is 19.5 Å². The number of hydrogen-bond acceptors (Lipinski definition) is 3. The van der Waals surface area contributed by atoms with Crippen molar-refractivity contribution in [2.75, 3.05) is 14.1 Å². The van der Waals surface area contributed by atoms with Gasteiger partial charge in [-0.05, 0) is 28.9 Å². The summed E-state index contributed by atoms with van der Waals surface area (Å²) in [5, 5.41) is 5.23. The van der Waals surface area contributed by atoms with Gasteiger partial charge in [0.1, 0.15) is 0 Å². The van der Waals surface area contributed by atoms with Crippen molar-refractivity contribution in [1.82, 2.24) is 10.2 Å². The number of likely N-dealkylation sites (N-methyl/N-ethyl adjacent to an activating group) is 1. The van der Waals surface area contributed by atoms with Gasteiger partial charge in [-0.15, -0.1) is 11.3 Å². The predicted molar refractivity (Wildman–Crippen MR) is 67.0 cm³/mol. The van der Waals surface area contributed by atoms with Crippen molar-refractivity contribution in [1.29, 1.82) is 0 Å². The first-order valence-corrected chi connectivity index (χ1v) is 6.35. The van der Waals surface area contributed by atoms with Gasteiger partial charge in [0.2, 0.25) is 5.91 Å². The molecule has 0 aromatic carbocycles. The highest BCUT2D eigenvalue weighted by atomic mass is 79.9. The summed E-state index contributed by atoms with van der Waals surface area (Å²) in [7, 11) is 3.53. The summed E-state index contributed by atoms with van der Waals surface area (Å²) in [5.41, 5.74) is 0. The molecule has 0 aliphatic rings. The molecule has 1 aromatic heterocycles. The first kappa shape index (κ1) is 12.7. The fourth-order valence-corrected chi connectivity index (χ4v) is 2.58. The molecule has 0 saturated heterocycles. The van der Waals surface area contributed by atoms with Crippen LogP contribution in [0.15, 0.2) is 15.9 Å². The maximum Gasteiger partial charge on any atom is 0.238 e. The van der Waals surface area contributed by atoms with Gasteiger partial charge in [0.25, 0.3) is 0 Å². The van der Waals surface area contributed by atoms with E-state index in [0.717, 1.165) is 11.0 Å². The second-order valence-corrected chi connectivity index (χ2v) is 5.48. The molecule has 1 heterocycles. The number of carbonyl (C=O) groups excluding carboxylic acids is 1. The fourth-order valence-electron chi connectivity index (χ4n) is 1.17. The zero-order valence-corrected chi connectivity index (χ0v) is 11.5. The van der Waals surface area contributed by atoms with E-state index in [1.807, 2.05) is 12.3 Å². The van der Waals surface area contributed by atoms with E-state index in [1.54, 1.807) is 30.3 Å². The summed E-state index contributed by atoms with van der Waals surface area (Å²) in [6, 6.07) is 1.92. The summed E-state index contributed by atoms with van der Waals surface area (Å²) in [6.07, 6.45) is 0. The molecule has 0 radical (unpaired) electrons. The van der Waals surface area contributed by atoms with Gasteiger partial charge in [-0.25, -0.2) is 0 Å². The molecule has 0 saturated carbocycles. The van der Waals surface area contributed by atoms with Crippen molar-refractivity contribution in [3.05, 3.63) is 20.8 Å². The maximum atomic E-state index is 11.5. The normalized spacial score (nSPS) is 12.5. The minimum Gasteiger partial charge on any atom is -0.347 e. The summed E-state index contributed by atoms with van der Waals surface area (Å²) in [4.78, 5) is 14.3. The van der Waals surface area contributed by atoms with Crippen molar-refractivity contribution >= 4 is 33.2 Å². The van der Waals surface area contributed by atoms with Gasteiger partial charge in [0, 0.05) is 35.4 Å². The average Bonchev–Trinajstić information content (AvgIpc) is 2.59. The van der Waals surface area contributed by atoms with E-state index < -0.39 is 0 Å². The SMILES string of the molecule is C[C@H](NCc1cc(Br)cs1)C(=O)N(C)C. The largest absolute Gasteiger partial charge is 0.347 e. The van der Waals surface area contributed by atoms with Crippen LogP contribution in [-0.2, 0) is 11.3 Å². The van der Waals surface area contributed by atoms with E-state index in [0.29, 0.717) is 0 Å². The Morgan fingerprint density at radius 1 is 1.67 bits per heavy atom. The standard InChI is InChI=1S/C10H15BrN2OS/c1-7(10(14)13(2)3)12-5-9-4-8(11)6-15-9/h4,6-7,12H,5H2,1-3H3/t7-/m0/s1. The molecule has 0 aliphatic carbocycles. The third kappa shape index (κ3) is 3.93. The lowest BCUT2D eigenvalue weighted by molar-refractivity contribution is -0.130. The molecule has 3 nitrogen and oxygen atoms in total. The number of rotatable bonds is 4. The number of halogens is 1. The molecule has 0 unspecified atom stereocenters. The molecule has 0 aliphatic heterocycles. The van der Waals surface area contributed by atoms with Gasteiger partial charge in [0.15, 0.2) is 0 Å². The summed E-state index contributed by atoms with van der Waals surface area (Å²) in [6.45, 7) is 2.61. The van der Waals surface area contributed by atoms with E-state index >= 15 is 0 Å². The van der Waals surface area contributed by atoms with Gasteiger partial charge in [-0.2, -0.15) is 0 Å². The Morgan fingerprint density at radius 3 is 2.80 bits per heavy atom. The predicted octanol–water partition coefficient (Wildman–Crippen LogP) is 2.08. The van der Waals surface area contributed by atoms with Crippen LogP contribution in [-0.4, -0.2) is 30.9 Å². The van der Waals surface area contributed by atoms with Crippen molar-refractivity contribution in [3.63, 3.8) is 0 Å². The Balaban J connectivity index is 2.40. The second kappa shape index (κ2) is 5.63. The monoisotopic (exact) mass is 290 g/mol. The molecule has 1 amide bonds. The first-order chi connectivity index (χ1) is 7.00. The zero-order valence-electron chi connectivity index (χ0n) is 9.08. The highest BCUT2D eigenvalue weighted by Crippen LogP contribution is 2.19. The van der Waals surface area contributed by atoms with E-state index in [4.69, 9.17) is 0 Å². The van der Waals surface area contributed by atoms with Crippen molar-refractivity contribution in [2.24, 2.45) is 0 Å². The molecule has 1 N–H and O–H groups in total. The summed E-state index contributed by atoms with van der Waals surface area (Å²) < 4.78 is 1.09. The molecule has 84 valence electrons. The first-order valence-electron chi connectivity index (χ1n) is 4.68. The molecule has 1 rings (SSSR count). The Morgan fingerprint density at radius 2 is 2.33 bits per heavy atom. The number of nitrogens with zero attached hydrogens (tertiary/aromatic N) is 1. The molecule has 0 spiro atoms. The Hall–Kier alpha value is -0.390. The Bertz CT molecular complexity index is 338. The minimum absolute atomic E-state index is 0.102. The van der Waals surface area contributed by atoms with Crippen LogP contribution in [0.5, 0.6) is 0 Å². The molecule has 15 heavy (non-hydrogen) atoms. The van der Waals surface area contributed by atoms with Gasteiger partial charge >= 0.3 is 0 Å². The lowest BCUT2D eigenvalue weighted by atomic mass is 10.3. The Kier molecular flexibility index (Phi) is 4.76. The van der Waals surface area contributed by atoms with Gasteiger partial charge in [-0.1, -0.05) is 0 Å². The molecule has 0 fully saturated rings. The van der Waals surface area contributed by atoms with Crippen LogP contribution >= 0.6 is 27.3 Å². The smallest absolute Gasteiger partial charge is 0.238 e. The minimum atomic E-state index is -0.138. The van der Waals surface area contributed by atoms with Crippen LogP contribution in [0.25, 0.3) is 0 Å². The number of thiophene rings is 1. The highest BCUT2D eigenvalue weighted by Gasteiger charge is 2.13. The molecule has 1 aromatic rings. The molecule has 1 atom stereocenters. The molecule has 5 heteroatoms. The van der Waals surface area contributed by atoms with Crippen LogP contribution in [0.2, 0.25) is 0 Å². The van der Waals surface area contributed by atoms with Crippen LogP contribution in [0.4, 0.5) is 0 Å². The average molecular weight is 291 g/mol. The number of nitrogens with one attached hydrogen (secondary N) is 1. The maximum absolute atomic E-state index is 11.5. The fraction of sp³-hybridized carbons (Fsp3) is 0.500. The van der Waals surface area contributed by atoms with Gasteiger partial charge in [0.05, 0.1) is 6.04 Å². The Labute approximate surface area is 103 Å². The second-order valence-electron chi connectivity index (χ2n) is 3.57. The van der Waals surface area contributed by atoms with E-state index in [2.05, 4.69) is 27.3 Å². The molecular formula is C10H15BrN2OS. The van der Waals surface area contributed by atoms with Gasteiger partial charge in [-0.3, -0.25) is 4.79 Å². The van der Waals surface area contributed by atoms with Crippen molar-refractivity contribution in [3.8, 4) is 0 Å². The van der Waals surface area contributed by atoms with Crippen LogP contribution in [0, 0.1) is 0 Å². The van der Waals surface area contributed by atoms with Crippen LogP contribution < -0.4 is 5.32 Å². The third-order valence-electron chi connectivity index (χ3n) is 2.02. The topological polar surface area (TPSA) is 32.3 Å². The van der Waals surface area contributed by atoms with Crippen LogP contribution in [0.1, 0.15) is 11.8 Å².